The van der Waals surface area contributed by atoms with Gasteiger partial charge in [-0.05, 0) is 12.1 Å². The Labute approximate surface area is 173 Å². The van der Waals surface area contributed by atoms with Crippen LogP contribution in [0.3, 0.4) is 0 Å². The molecule has 0 aliphatic carbocycles. The molecule has 0 spiro atoms. The van der Waals surface area contributed by atoms with Gasteiger partial charge in [-0.25, -0.2) is 4.98 Å². The first-order chi connectivity index (χ1) is 14.2. The summed E-state index contributed by atoms with van der Waals surface area (Å²) in [5.74, 6) is 0. The minimum absolute atomic E-state index is 0.833. The Morgan fingerprint density at radius 3 is 1.69 bits per heavy atom. The van der Waals surface area contributed by atoms with Gasteiger partial charge in [0.1, 0.15) is 5.01 Å². The molecule has 2 nitrogen and oxygen atoms in total. The predicted molar refractivity (Wildman–Crippen MR) is 124 cm³/mol. The van der Waals surface area contributed by atoms with Crippen LogP contribution in [-0.2, 0) is 4.57 Å². The molecule has 0 saturated carbocycles. The minimum atomic E-state index is -2.93. The van der Waals surface area contributed by atoms with Crippen molar-refractivity contribution in [1.82, 2.24) is 4.98 Å². The van der Waals surface area contributed by atoms with Crippen LogP contribution in [0.2, 0.25) is 0 Å². The molecule has 0 N–H and O–H groups in total. The maximum atomic E-state index is 14.4. The van der Waals surface area contributed by atoms with Crippen LogP contribution in [0.25, 0.3) is 20.8 Å². The number of para-hydroxylation sites is 1. The average Bonchev–Trinajstić information content (AvgIpc) is 3.24. The summed E-state index contributed by atoms with van der Waals surface area (Å²) < 4.78 is 15.6. The van der Waals surface area contributed by atoms with Gasteiger partial charge in [-0.2, -0.15) is 0 Å². The van der Waals surface area contributed by atoms with Crippen molar-refractivity contribution < 1.29 is 4.57 Å². The highest BCUT2D eigenvalue weighted by Crippen LogP contribution is 2.42. The molecule has 0 fully saturated rings. The number of fused-ring (bicyclic) bond motifs is 1. The highest BCUT2D eigenvalue weighted by Gasteiger charge is 2.29. The molecular weight excluding hydrogens is 393 g/mol. The average molecular weight is 411 g/mol. The second-order valence-corrected chi connectivity index (χ2v) is 10.6. The summed E-state index contributed by atoms with van der Waals surface area (Å²) in [7, 11) is -2.93. The highest BCUT2D eigenvalue weighted by atomic mass is 32.1. The van der Waals surface area contributed by atoms with E-state index in [1.165, 1.54) is 4.70 Å². The molecule has 0 atom stereocenters. The van der Waals surface area contributed by atoms with E-state index in [1.54, 1.807) is 11.3 Å². The van der Waals surface area contributed by atoms with E-state index < -0.39 is 7.14 Å². The number of thiazole rings is 1. The lowest BCUT2D eigenvalue weighted by Gasteiger charge is -2.20. The number of hydrogen-bond donors (Lipinski definition) is 0. The van der Waals surface area contributed by atoms with Crippen molar-refractivity contribution >= 4 is 44.6 Å². The predicted octanol–water partition coefficient (Wildman–Crippen LogP) is 5.60. The summed E-state index contributed by atoms with van der Waals surface area (Å²) in [5.41, 5.74) is 2.05. The normalized spacial score (nSPS) is 11.6. The molecule has 0 saturated heterocycles. The van der Waals surface area contributed by atoms with Gasteiger partial charge in [0.2, 0.25) is 0 Å². The van der Waals surface area contributed by atoms with Gasteiger partial charge < -0.3 is 4.57 Å². The summed E-state index contributed by atoms with van der Waals surface area (Å²) in [6.07, 6.45) is 0. The fourth-order valence-corrected chi connectivity index (χ4v) is 7.15. The van der Waals surface area contributed by atoms with Crippen molar-refractivity contribution in [3.05, 3.63) is 109 Å². The highest BCUT2D eigenvalue weighted by molar-refractivity contribution is 7.85. The van der Waals surface area contributed by atoms with E-state index in [1.807, 2.05) is 103 Å². The maximum absolute atomic E-state index is 14.4. The van der Waals surface area contributed by atoms with Crippen LogP contribution in [0.1, 0.15) is 0 Å². The molecule has 5 aromatic rings. The Bertz CT molecular complexity index is 1240. The molecule has 0 radical (unpaired) electrons. The SMILES string of the molecule is O=P(c1ccccc1)(c1ccccc1)c1ccc(-c2nc3ccccc3s2)cc1. The van der Waals surface area contributed by atoms with Crippen LogP contribution >= 0.6 is 18.5 Å². The quantitative estimate of drug-likeness (QED) is 0.360. The summed E-state index contributed by atoms with van der Waals surface area (Å²) in [5, 5.41) is 3.50. The van der Waals surface area contributed by atoms with Crippen LogP contribution in [0, 0.1) is 0 Å². The summed E-state index contributed by atoms with van der Waals surface area (Å²) >= 11 is 1.68. The van der Waals surface area contributed by atoms with Gasteiger partial charge >= 0.3 is 0 Å². The van der Waals surface area contributed by atoms with Crippen molar-refractivity contribution in [2.24, 2.45) is 0 Å². The van der Waals surface area contributed by atoms with Crippen molar-refractivity contribution in [1.29, 1.82) is 0 Å². The van der Waals surface area contributed by atoms with E-state index in [-0.39, 0.29) is 0 Å². The molecule has 1 heterocycles. The molecule has 0 aliphatic heterocycles. The molecule has 5 rings (SSSR count). The molecule has 1 aromatic heterocycles. The third kappa shape index (κ3) is 3.23. The summed E-state index contributed by atoms with van der Waals surface area (Å²) in [4.78, 5) is 4.74. The number of nitrogens with zero attached hydrogens (tertiary/aromatic N) is 1. The van der Waals surface area contributed by atoms with Crippen LogP contribution in [0.15, 0.2) is 109 Å². The molecule has 4 heteroatoms. The van der Waals surface area contributed by atoms with Crippen LogP contribution in [0.5, 0.6) is 0 Å². The lowest BCUT2D eigenvalue weighted by Crippen LogP contribution is -2.24. The van der Waals surface area contributed by atoms with Gasteiger partial charge in [0.15, 0.2) is 7.14 Å². The van der Waals surface area contributed by atoms with E-state index in [0.29, 0.717) is 0 Å². The molecule has 0 amide bonds. The summed E-state index contributed by atoms with van der Waals surface area (Å²) in [6, 6.07) is 35.7. The Kier molecular flexibility index (Phi) is 4.63. The van der Waals surface area contributed by atoms with Gasteiger partial charge in [-0.15, -0.1) is 11.3 Å². The second kappa shape index (κ2) is 7.44. The Balaban J connectivity index is 1.61. The van der Waals surface area contributed by atoms with E-state index in [2.05, 4.69) is 6.07 Å². The van der Waals surface area contributed by atoms with Gasteiger partial charge in [0.25, 0.3) is 0 Å². The first-order valence-corrected chi connectivity index (χ1v) is 12.0. The largest absolute Gasteiger partial charge is 0.309 e. The molecular formula is C25H18NOPS. The first-order valence-electron chi connectivity index (χ1n) is 9.43. The first kappa shape index (κ1) is 18.1. The maximum Gasteiger partial charge on any atom is 0.171 e. The van der Waals surface area contributed by atoms with Crippen LogP contribution in [0.4, 0.5) is 0 Å². The van der Waals surface area contributed by atoms with Crippen LogP contribution < -0.4 is 15.9 Å². The Morgan fingerprint density at radius 2 is 1.10 bits per heavy atom. The number of rotatable bonds is 4. The third-order valence-corrected chi connectivity index (χ3v) is 9.17. The zero-order valence-electron chi connectivity index (χ0n) is 15.6. The Hall–Kier alpha value is -3.00. The van der Waals surface area contributed by atoms with E-state index >= 15 is 0 Å². The fraction of sp³-hybridized carbons (Fsp3) is 0. The second-order valence-electron chi connectivity index (χ2n) is 6.81. The van der Waals surface area contributed by atoms with E-state index in [0.717, 1.165) is 32.0 Å². The lowest BCUT2D eigenvalue weighted by atomic mass is 10.2. The molecule has 29 heavy (non-hydrogen) atoms. The van der Waals surface area contributed by atoms with E-state index in [4.69, 9.17) is 4.98 Å². The van der Waals surface area contributed by atoms with Gasteiger partial charge in [-0.1, -0.05) is 97.1 Å². The number of hydrogen-bond acceptors (Lipinski definition) is 3. The number of aromatic nitrogens is 1. The molecule has 0 aliphatic rings. The topological polar surface area (TPSA) is 30.0 Å². The van der Waals surface area contributed by atoms with Crippen molar-refractivity contribution in [2.75, 3.05) is 0 Å². The standard InChI is InChI=1S/C25H18NOPS/c27-28(20-9-3-1-4-10-20,21-11-5-2-6-12-21)22-17-15-19(16-18-22)25-26-23-13-7-8-14-24(23)29-25/h1-18H. The molecule has 0 unspecified atom stereocenters. The van der Waals surface area contributed by atoms with Crippen LogP contribution in [-0.4, -0.2) is 4.98 Å². The van der Waals surface area contributed by atoms with Gasteiger partial charge in [0, 0.05) is 21.5 Å². The van der Waals surface area contributed by atoms with Gasteiger partial charge in [0.05, 0.1) is 10.2 Å². The van der Waals surface area contributed by atoms with Gasteiger partial charge in [-0.3, -0.25) is 0 Å². The zero-order valence-corrected chi connectivity index (χ0v) is 17.3. The number of benzene rings is 4. The summed E-state index contributed by atoms with van der Waals surface area (Å²) in [6.45, 7) is 0. The Morgan fingerprint density at radius 1 is 0.586 bits per heavy atom. The van der Waals surface area contributed by atoms with Crippen molar-refractivity contribution in [2.45, 2.75) is 0 Å². The monoisotopic (exact) mass is 411 g/mol. The minimum Gasteiger partial charge on any atom is -0.309 e. The molecule has 0 bridgehead atoms. The third-order valence-electron chi connectivity index (χ3n) is 5.01. The molecule has 140 valence electrons. The zero-order chi connectivity index (χ0) is 19.7. The van der Waals surface area contributed by atoms with Crippen molar-refractivity contribution in [3.8, 4) is 10.6 Å². The van der Waals surface area contributed by atoms with E-state index in [9.17, 15) is 4.57 Å². The lowest BCUT2D eigenvalue weighted by molar-refractivity contribution is 0.592. The smallest absolute Gasteiger partial charge is 0.171 e. The fourth-order valence-electron chi connectivity index (χ4n) is 3.53. The molecule has 4 aromatic carbocycles. The van der Waals surface area contributed by atoms with Crippen molar-refractivity contribution in [3.63, 3.8) is 0 Å².